The van der Waals surface area contributed by atoms with Crippen molar-refractivity contribution in [3.8, 4) is 0 Å². The van der Waals surface area contributed by atoms with Gasteiger partial charge >= 0.3 is 5.97 Å². The van der Waals surface area contributed by atoms with Gasteiger partial charge in [0.15, 0.2) is 0 Å². The number of hydrogen-bond acceptors (Lipinski definition) is 4. The lowest BCUT2D eigenvalue weighted by Crippen LogP contribution is -2.41. The van der Waals surface area contributed by atoms with Crippen molar-refractivity contribution in [3.63, 3.8) is 0 Å². The van der Waals surface area contributed by atoms with E-state index in [1.807, 2.05) is 26.0 Å². The van der Waals surface area contributed by atoms with E-state index in [1.54, 1.807) is 23.5 Å². The summed E-state index contributed by atoms with van der Waals surface area (Å²) in [6.45, 7) is 9.15. The predicted molar refractivity (Wildman–Crippen MR) is 125 cm³/mol. The zero-order valence-electron chi connectivity index (χ0n) is 18.6. The molecular formula is C24H31N3O3S. The lowest BCUT2D eigenvalue weighted by atomic mass is 10.0. The van der Waals surface area contributed by atoms with E-state index >= 15 is 0 Å². The summed E-state index contributed by atoms with van der Waals surface area (Å²) in [6.07, 6.45) is 2.21. The summed E-state index contributed by atoms with van der Waals surface area (Å²) in [5.74, 6) is 0.263. The topological polar surface area (TPSA) is 84.2 Å². The molecule has 2 heterocycles. The van der Waals surface area contributed by atoms with Gasteiger partial charge in [0.1, 0.15) is 11.9 Å². The third-order valence-corrected chi connectivity index (χ3v) is 6.38. The molecule has 0 saturated carbocycles. The minimum atomic E-state index is -1.01. The van der Waals surface area contributed by atoms with Crippen molar-refractivity contribution in [2.45, 2.75) is 59.5 Å². The number of hydrogen-bond donors (Lipinski definition) is 2. The molecule has 0 fully saturated rings. The average molecular weight is 442 g/mol. The molecule has 0 bridgehead atoms. The molecular weight excluding hydrogens is 410 g/mol. The Hall–Kier alpha value is -2.67. The minimum Gasteiger partial charge on any atom is -0.480 e. The molecule has 166 valence electrons. The molecule has 2 aromatic heterocycles. The van der Waals surface area contributed by atoms with E-state index in [0.717, 1.165) is 36.2 Å². The number of carboxylic acid groups (broad SMARTS) is 1. The highest BCUT2D eigenvalue weighted by molar-refractivity contribution is 7.09. The molecule has 1 amide bonds. The Kier molecular flexibility index (Phi) is 7.49. The van der Waals surface area contributed by atoms with E-state index in [9.17, 15) is 14.7 Å². The first-order valence-electron chi connectivity index (χ1n) is 10.8. The van der Waals surface area contributed by atoms with Gasteiger partial charge in [0.05, 0.1) is 11.0 Å². The largest absolute Gasteiger partial charge is 0.480 e. The number of carbonyl (C=O) groups is 2. The van der Waals surface area contributed by atoms with Crippen molar-refractivity contribution in [3.05, 3.63) is 52.0 Å². The second kappa shape index (κ2) is 10.1. The Morgan fingerprint density at radius 1 is 1.23 bits per heavy atom. The van der Waals surface area contributed by atoms with E-state index in [4.69, 9.17) is 4.98 Å². The lowest BCUT2D eigenvalue weighted by molar-refractivity contribution is -0.139. The van der Waals surface area contributed by atoms with Crippen LogP contribution >= 0.6 is 11.3 Å². The molecule has 2 atom stereocenters. The second-order valence-electron chi connectivity index (χ2n) is 8.61. The van der Waals surface area contributed by atoms with Crippen LogP contribution in [0.3, 0.4) is 0 Å². The van der Waals surface area contributed by atoms with E-state index in [-0.39, 0.29) is 11.8 Å². The number of aliphatic carboxylic acids is 1. The Labute approximate surface area is 187 Å². The Morgan fingerprint density at radius 3 is 2.61 bits per heavy atom. The molecule has 3 aromatic rings. The maximum absolute atomic E-state index is 12.7. The fourth-order valence-corrected chi connectivity index (χ4v) is 4.31. The van der Waals surface area contributed by atoms with Crippen molar-refractivity contribution in [1.29, 1.82) is 0 Å². The van der Waals surface area contributed by atoms with Gasteiger partial charge in [0, 0.05) is 23.4 Å². The van der Waals surface area contributed by atoms with Crippen LogP contribution in [0.15, 0.2) is 35.7 Å². The number of amides is 1. The number of nitrogens with one attached hydrogen (secondary N) is 1. The molecule has 0 spiro atoms. The van der Waals surface area contributed by atoms with Gasteiger partial charge in [0.25, 0.3) is 5.91 Å². The number of imidazole rings is 1. The first-order chi connectivity index (χ1) is 14.8. The van der Waals surface area contributed by atoms with E-state index in [0.29, 0.717) is 17.9 Å². The van der Waals surface area contributed by atoms with Crippen LogP contribution in [-0.4, -0.2) is 32.6 Å². The molecule has 2 N–H and O–H groups in total. The predicted octanol–water partition coefficient (Wildman–Crippen LogP) is 4.96. The van der Waals surface area contributed by atoms with Gasteiger partial charge in [-0.15, -0.1) is 11.3 Å². The van der Waals surface area contributed by atoms with Crippen LogP contribution in [0.5, 0.6) is 0 Å². The number of carboxylic acids is 1. The highest BCUT2D eigenvalue weighted by atomic mass is 32.1. The number of thiophene rings is 1. The zero-order valence-corrected chi connectivity index (χ0v) is 19.4. The molecule has 0 radical (unpaired) electrons. The van der Waals surface area contributed by atoms with Gasteiger partial charge in [-0.3, -0.25) is 4.79 Å². The molecule has 6 nitrogen and oxygen atoms in total. The van der Waals surface area contributed by atoms with Crippen molar-refractivity contribution in [2.24, 2.45) is 11.8 Å². The van der Waals surface area contributed by atoms with Gasteiger partial charge in [-0.2, -0.15) is 0 Å². The van der Waals surface area contributed by atoms with Crippen LogP contribution in [0.4, 0.5) is 0 Å². The third kappa shape index (κ3) is 5.73. The van der Waals surface area contributed by atoms with E-state index < -0.39 is 12.0 Å². The summed E-state index contributed by atoms with van der Waals surface area (Å²) in [4.78, 5) is 30.4. The second-order valence-corrected chi connectivity index (χ2v) is 9.64. The average Bonchev–Trinajstić information content (AvgIpc) is 3.35. The van der Waals surface area contributed by atoms with E-state index in [1.165, 1.54) is 4.88 Å². The number of nitrogens with zero attached hydrogens (tertiary/aromatic N) is 2. The highest BCUT2D eigenvalue weighted by Crippen LogP contribution is 2.24. The number of rotatable bonds is 10. The zero-order chi connectivity index (χ0) is 22.5. The maximum Gasteiger partial charge on any atom is 0.326 e. The number of benzene rings is 1. The lowest BCUT2D eigenvalue weighted by Gasteiger charge is -2.16. The monoisotopic (exact) mass is 441 g/mol. The van der Waals surface area contributed by atoms with E-state index in [2.05, 4.69) is 35.2 Å². The fourth-order valence-electron chi connectivity index (χ4n) is 3.60. The van der Waals surface area contributed by atoms with Crippen LogP contribution < -0.4 is 5.32 Å². The van der Waals surface area contributed by atoms with Gasteiger partial charge in [-0.05, 0) is 47.9 Å². The molecule has 0 aliphatic carbocycles. The minimum absolute atomic E-state index is 0.167. The normalized spacial score (nSPS) is 13.5. The molecule has 0 saturated heterocycles. The summed E-state index contributed by atoms with van der Waals surface area (Å²) in [7, 11) is 0. The van der Waals surface area contributed by atoms with Gasteiger partial charge in [0.2, 0.25) is 0 Å². The van der Waals surface area contributed by atoms with Crippen LogP contribution in [0.25, 0.3) is 11.0 Å². The van der Waals surface area contributed by atoms with Crippen LogP contribution in [0.2, 0.25) is 0 Å². The summed E-state index contributed by atoms with van der Waals surface area (Å²) in [6, 6.07) is 8.70. The first-order valence-corrected chi connectivity index (χ1v) is 11.7. The van der Waals surface area contributed by atoms with Gasteiger partial charge < -0.3 is 15.0 Å². The molecule has 3 rings (SSSR count). The summed E-state index contributed by atoms with van der Waals surface area (Å²) >= 11 is 1.71. The van der Waals surface area contributed by atoms with Gasteiger partial charge in [-0.1, -0.05) is 40.2 Å². The van der Waals surface area contributed by atoms with Gasteiger partial charge in [-0.25, -0.2) is 9.78 Å². The number of fused-ring (bicyclic) bond motifs is 1. The van der Waals surface area contributed by atoms with Crippen molar-refractivity contribution in [2.75, 3.05) is 0 Å². The van der Waals surface area contributed by atoms with Crippen molar-refractivity contribution >= 4 is 34.2 Å². The fraction of sp³-hybridized carbons (Fsp3) is 0.458. The van der Waals surface area contributed by atoms with Crippen molar-refractivity contribution in [1.82, 2.24) is 14.9 Å². The Bertz CT molecular complexity index is 1040. The molecule has 31 heavy (non-hydrogen) atoms. The quantitative estimate of drug-likeness (QED) is 0.465. The molecule has 1 unspecified atom stereocenters. The number of aromatic nitrogens is 2. The highest BCUT2D eigenvalue weighted by Gasteiger charge is 2.22. The summed E-state index contributed by atoms with van der Waals surface area (Å²) in [5, 5.41) is 14.2. The third-order valence-electron chi connectivity index (χ3n) is 5.50. The van der Waals surface area contributed by atoms with Crippen LogP contribution in [0.1, 0.15) is 61.6 Å². The van der Waals surface area contributed by atoms with Crippen molar-refractivity contribution < 1.29 is 14.7 Å². The Morgan fingerprint density at radius 2 is 2.00 bits per heavy atom. The molecule has 7 heteroatoms. The SMILES string of the molecule is CCC(C)Cn1c(Cc2cccs2)nc2cc(C(=O)N[C@@H](CC(C)C)C(=O)O)ccc21. The molecule has 1 aromatic carbocycles. The standard InChI is InChI=1S/C24H31N3O3S/c1-5-16(4)14-27-21-9-8-17(23(28)26-20(24(29)30)11-15(2)3)12-19(21)25-22(27)13-18-7-6-10-31-18/h6-10,12,15-16,20H,5,11,13-14H2,1-4H3,(H,26,28)(H,29,30)/t16?,20-/m0/s1. The molecule has 0 aliphatic heterocycles. The van der Waals surface area contributed by atoms with Crippen LogP contribution in [0, 0.1) is 11.8 Å². The Balaban J connectivity index is 1.92. The first kappa shape index (κ1) is 23.0. The molecule has 0 aliphatic rings. The smallest absolute Gasteiger partial charge is 0.326 e. The summed E-state index contributed by atoms with van der Waals surface area (Å²) in [5.41, 5.74) is 2.19. The summed E-state index contributed by atoms with van der Waals surface area (Å²) < 4.78 is 2.25. The number of carbonyl (C=O) groups excluding carboxylic acids is 1. The van der Waals surface area contributed by atoms with Crippen LogP contribution in [-0.2, 0) is 17.8 Å². The maximum atomic E-state index is 12.7.